The summed E-state index contributed by atoms with van der Waals surface area (Å²) in [7, 11) is -3.15. The van der Waals surface area contributed by atoms with Crippen molar-refractivity contribution in [1.82, 2.24) is 10.3 Å². The van der Waals surface area contributed by atoms with Crippen LogP contribution < -0.4 is 5.32 Å². The lowest BCUT2D eigenvalue weighted by Gasteiger charge is -2.06. The zero-order chi connectivity index (χ0) is 9.31. The summed E-state index contributed by atoms with van der Waals surface area (Å²) in [5, 5.41) is 4.45. The number of aromatic nitrogens is 1. The third kappa shape index (κ3) is 1.61. The molecule has 6 heteroatoms. The van der Waals surface area contributed by atoms with Crippen LogP contribution >= 0.6 is 11.3 Å². The molecular weight excluding hydrogens is 208 g/mol. The number of nitrogens with one attached hydrogen (secondary N) is 1. The Balaban J connectivity index is 2.30. The van der Waals surface area contributed by atoms with Gasteiger partial charge in [-0.15, -0.1) is 11.3 Å². The molecule has 0 aromatic carbocycles. The van der Waals surface area contributed by atoms with Crippen LogP contribution in [-0.2, 0) is 9.84 Å². The van der Waals surface area contributed by atoms with Crippen LogP contribution in [-0.4, -0.2) is 31.7 Å². The van der Waals surface area contributed by atoms with Gasteiger partial charge in [0.2, 0.25) is 14.2 Å². The Morgan fingerprint density at radius 1 is 1.62 bits per heavy atom. The first kappa shape index (κ1) is 9.11. The highest BCUT2D eigenvalue weighted by Gasteiger charge is 2.31. The highest BCUT2D eigenvalue weighted by Crippen LogP contribution is 2.21. The van der Waals surface area contributed by atoms with E-state index in [-0.39, 0.29) is 9.59 Å². The summed E-state index contributed by atoms with van der Waals surface area (Å²) in [5.41, 5.74) is 0. The van der Waals surface area contributed by atoms with Crippen LogP contribution in [0.15, 0.2) is 15.9 Å². The van der Waals surface area contributed by atoms with Crippen molar-refractivity contribution < 1.29 is 8.42 Å². The lowest BCUT2D eigenvalue weighted by Crippen LogP contribution is -2.23. The Kier molecular flexibility index (Phi) is 2.35. The van der Waals surface area contributed by atoms with Crippen molar-refractivity contribution in [2.45, 2.75) is 16.0 Å². The molecule has 0 aliphatic carbocycles. The third-order valence-corrected chi connectivity index (χ3v) is 5.53. The molecule has 1 aliphatic rings. The molecule has 1 aromatic rings. The maximum absolute atomic E-state index is 11.8. The molecule has 1 fully saturated rings. The minimum Gasteiger partial charge on any atom is -0.315 e. The SMILES string of the molecule is O=S(=O)(c1nccs1)[C@@H]1CCNC1. The van der Waals surface area contributed by atoms with Gasteiger partial charge in [0.15, 0.2) is 0 Å². The van der Waals surface area contributed by atoms with E-state index in [0.717, 1.165) is 6.54 Å². The lowest BCUT2D eigenvalue weighted by molar-refractivity contribution is 0.582. The van der Waals surface area contributed by atoms with Crippen molar-refractivity contribution in [3.8, 4) is 0 Å². The summed E-state index contributed by atoms with van der Waals surface area (Å²) in [6.45, 7) is 1.34. The molecule has 1 saturated heterocycles. The smallest absolute Gasteiger partial charge is 0.209 e. The highest BCUT2D eigenvalue weighted by molar-refractivity contribution is 7.93. The molecule has 0 saturated carbocycles. The van der Waals surface area contributed by atoms with Crippen molar-refractivity contribution in [2.75, 3.05) is 13.1 Å². The first-order valence-corrected chi connectivity index (χ1v) is 6.48. The van der Waals surface area contributed by atoms with Crippen LogP contribution in [0.25, 0.3) is 0 Å². The fourth-order valence-electron chi connectivity index (χ4n) is 1.39. The molecule has 0 unspecified atom stereocenters. The Labute approximate surface area is 80.9 Å². The average Bonchev–Trinajstić information content (AvgIpc) is 2.78. The highest BCUT2D eigenvalue weighted by atomic mass is 32.2. The van der Waals surface area contributed by atoms with Crippen molar-refractivity contribution in [1.29, 1.82) is 0 Å². The fraction of sp³-hybridized carbons (Fsp3) is 0.571. The minimum atomic E-state index is -3.15. The van der Waals surface area contributed by atoms with Crippen molar-refractivity contribution >= 4 is 21.2 Å². The van der Waals surface area contributed by atoms with Crippen LogP contribution in [0.2, 0.25) is 0 Å². The Bertz CT molecular complexity index is 365. The predicted octanol–water partition coefficient (Wildman–Crippen LogP) is 0.279. The third-order valence-electron chi connectivity index (χ3n) is 2.11. The van der Waals surface area contributed by atoms with Gasteiger partial charge in [-0.25, -0.2) is 13.4 Å². The second kappa shape index (κ2) is 3.36. The molecular formula is C7H10N2O2S2. The van der Waals surface area contributed by atoms with E-state index >= 15 is 0 Å². The van der Waals surface area contributed by atoms with Gasteiger partial charge in [-0.1, -0.05) is 0 Å². The van der Waals surface area contributed by atoms with Gasteiger partial charge in [-0.05, 0) is 13.0 Å². The molecule has 13 heavy (non-hydrogen) atoms. The molecule has 72 valence electrons. The maximum atomic E-state index is 11.8. The van der Waals surface area contributed by atoms with E-state index in [1.807, 2.05) is 0 Å². The summed E-state index contributed by atoms with van der Waals surface area (Å²) in [6, 6.07) is 0. The van der Waals surface area contributed by atoms with Gasteiger partial charge < -0.3 is 5.32 Å². The van der Waals surface area contributed by atoms with E-state index in [2.05, 4.69) is 10.3 Å². The largest absolute Gasteiger partial charge is 0.315 e. The number of nitrogens with zero attached hydrogens (tertiary/aromatic N) is 1. The zero-order valence-corrected chi connectivity index (χ0v) is 8.57. The number of thiazole rings is 1. The van der Waals surface area contributed by atoms with Gasteiger partial charge in [0, 0.05) is 18.1 Å². The zero-order valence-electron chi connectivity index (χ0n) is 6.93. The fourth-order valence-corrected chi connectivity index (χ4v) is 4.12. The van der Waals surface area contributed by atoms with Crippen molar-refractivity contribution in [3.63, 3.8) is 0 Å². The molecule has 0 spiro atoms. The van der Waals surface area contributed by atoms with Gasteiger partial charge in [-0.2, -0.15) is 0 Å². The van der Waals surface area contributed by atoms with Crippen molar-refractivity contribution in [2.24, 2.45) is 0 Å². The summed E-state index contributed by atoms with van der Waals surface area (Å²) in [4.78, 5) is 3.84. The van der Waals surface area contributed by atoms with Crippen LogP contribution in [0.3, 0.4) is 0 Å². The monoisotopic (exact) mass is 218 g/mol. The number of rotatable bonds is 2. The second-order valence-electron chi connectivity index (χ2n) is 2.96. The Hall–Kier alpha value is -0.460. The van der Waals surface area contributed by atoms with Gasteiger partial charge in [0.05, 0.1) is 5.25 Å². The number of sulfone groups is 1. The molecule has 4 nitrogen and oxygen atoms in total. The average molecular weight is 218 g/mol. The van der Waals surface area contributed by atoms with Crippen LogP contribution in [0.5, 0.6) is 0 Å². The van der Waals surface area contributed by atoms with Crippen LogP contribution in [0.1, 0.15) is 6.42 Å². The molecule has 0 radical (unpaired) electrons. The standard InChI is InChI=1S/C7H10N2O2S2/c10-13(11,6-1-2-8-5-6)7-9-3-4-12-7/h3-4,6,8H,1-2,5H2/t6-/m1/s1. The molecule has 0 amide bonds. The van der Waals surface area contributed by atoms with Gasteiger partial charge in [-0.3, -0.25) is 0 Å². The van der Waals surface area contributed by atoms with Crippen LogP contribution in [0, 0.1) is 0 Å². The number of hydrogen-bond acceptors (Lipinski definition) is 5. The van der Waals surface area contributed by atoms with E-state index < -0.39 is 9.84 Å². The summed E-state index contributed by atoms with van der Waals surface area (Å²) in [6.07, 6.45) is 2.22. The first-order chi connectivity index (χ1) is 6.21. The first-order valence-electron chi connectivity index (χ1n) is 4.05. The molecule has 1 N–H and O–H groups in total. The van der Waals surface area contributed by atoms with E-state index in [0.29, 0.717) is 13.0 Å². The molecule has 1 atom stereocenters. The molecule has 2 heterocycles. The Morgan fingerprint density at radius 2 is 2.46 bits per heavy atom. The molecule has 1 aliphatic heterocycles. The topological polar surface area (TPSA) is 59.1 Å². The quantitative estimate of drug-likeness (QED) is 0.774. The Morgan fingerprint density at radius 3 is 3.00 bits per heavy atom. The van der Waals surface area contributed by atoms with Crippen molar-refractivity contribution in [3.05, 3.63) is 11.6 Å². The normalized spacial score (nSPS) is 23.5. The van der Waals surface area contributed by atoms with E-state index in [1.165, 1.54) is 17.5 Å². The summed E-state index contributed by atoms with van der Waals surface area (Å²) < 4.78 is 23.9. The molecule has 2 rings (SSSR count). The lowest BCUT2D eigenvalue weighted by atomic mass is 10.4. The van der Waals surface area contributed by atoms with Gasteiger partial charge in [0.1, 0.15) is 0 Å². The van der Waals surface area contributed by atoms with E-state index in [4.69, 9.17) is 0 Å². The number of hydrogen-bond donors (Lipinski definition) is 1. The second-order valence-corrected chi connectivity index (χ2v) is 6.25. The van der Waals surface area contributed by atoms with E-state index in [9.17, 15) is 8.42 Å². The summed E-state index contributed by atoms with van der Waals surface area (Å²) >= 11 is 1.19. The predicted molar refractivity (Wildman–Crippen MR) is 50.6 cm³/mol. The van der Waals surface area contributed by atoms with Gasteiger partial charge in [0.25, 0.3) is 0 Å². The molecule has 0 bridgehead atoms. The summed E-state index contributed by atoms with van der Waals surface area (Å²) in [5.74, 6) is 0. The molecule has 1 aromatic heterocycles. The van der Waals surface area contributed by atoms with Gasteiger partial charge >= 0.3 is 0 Å². The van der Waals surface area contributed by atoms with E-state index in [1.54, 1.807) is 5.38 Å². The maximum Gasteiger partial charge on any atom is 0.209 e. The van der Waals surface area contributed by atoms with Crippen LogP contribution in [0.4, 0.5) is 0 Å². The minimum absolute atomic E-state index is 0.251.